The van der Waals surface area contributed by atoms with E-state index >= 15 is 0 Å². The fraction of sp³-hybridized carbons (Fsp3) is 0.533. The van der Waals surface area contributed by atoms with E-state index in [1.807, 2.05) is 0 Å². The second-order valence-corrected chi connectivity index (χ2v) is 6.87. The highest BCUT2D eigenvalue weighted by Gasteiger charge is 2.13. The van der Waals surface area contributed by atoms with Crippen LogP contribution in [0, 0.1) is 0 Å². The lowest BCUT2D eigenvalue weighted by atomic mass is 10.2. The molecule has 22 heavy (non-hydrogen) atoms. The van der Waals surface area contributed by atoms with Crippen LogP contribution in [0.3, 0.4) is 0 Å². The summed E-state index contributed by atoms with van der Waals surface area (Å²) in [5, 5.41) is 6.21. The van der Waals surface area contributed by atoms with Crippen molar-refractivity contribution in [2.45, 2.75) is 31.1 Å². The first-order chi connectivity index (χ1) is 10.1. The molecule has 0 heterocycles. The molecule has 5 nitrogen and oxygen atoms in total. The van der Waals surface area contributed by atoms with Crippen molar-refractivity contribution < 1.29 is 8.42 Å². The zero-order valence-electron chi connectivity index (χ0n) is 13.2. The van der Waals surface area contributed by atoms with Gasteiger partial charge in [0.1, 0.15) is 0 Å². The molecule has 0 radical (unpaired) electrons. The molecule has 0 aliphatic heterocycles. The number of aliphatic imine (C=N–C) groups is 1. The first-order valence-electron chi connectivity index (χ1n) is 7.32. The Morgan fingerprint density at radius 2 is 1.73 bits per heavy atom. The predicted molar refractivity (Wildman–Crippen MR) is 103 cm³/mol. The Balaban J connectivity index is 0.00000441. The summed E-state index contributed by atoms with van der Waals surface area (Å²) in [5.74, 6) is 0.696. The number of guanidine groups is 1. The Bertz CT molecular complexity index is 533. The van der Waals surface area contributed by atoms with Gasteiger partial charge in [0.25, 0.3) is 0 Å². The van der Waals surface area contributed by atoms with E-state index in [1.54, 1.807) is 37.4 Å². The van der Waals surface area contributed by atoms with Gasteiger partial charge in [-0.1, -0.05) is 38.0 Å². The van der Waals surface area contributed by atoms with Crippen LogP contribution in [-0.4, -0.2) is 40.3 Å². The maximum atomic E-state index is 12.1. The third-order valence-corrected chi connectivity index (χ3v) is 4.79. The number of hydrogen-bond acceptors (Lipinski definition) is 3. The van der Waals surface area contributed by atoms with Gasteiger partial charge in [-0.25, -0.2) is 8.42 Å². The minimum absolute atomic E-state index is 0. The standard InChI is InChI=1S/C15H25N3O2S.HI/c1-3-4-8-11-17-15(16-2)18-12-13-21(19,20)14-9-6-5-7-10-14;/h5-7,9-10H,3-4,8,11-13H2,1-2H3,(H2,16,17,18);1H. The smallest absolute Gasteiger partial charge is 0.191 e. The fourth-order valence-corrected chi connectivity index (χ4v) is 3.03. The van der Waals surface area contributed by atoms with Crippen LogP contribution in [0.4, 0.5) is 0 Å². The van der Waals surface area contributed by atoms with Crippen molar-refractivity contribution >= 4 is 39.8 Å². The molecule has 0 fully saturated rings. The van der Waals surface area contributed by atoms with Gasteiger partial charge in [-0.15, -0.1) is 24.0 Å². The van der Waals surface area contributed by atoms with Crippen molar-refractivity contribution in [3.63, 3.8) is 0 Å². The minimum atomic E-state index is -3.24. The van der Waals surface area contributed by atoms with E-state index in [0.29, 0.717) is 17.4 Å². The third kappa shape index (κ3) is 7.98. The molecule has 7 heteroatoms. The van der Waals surface area contributed by atoms with Crippen LogP contribution in [0.15, 0.2) is 40.2 Å². The van der Waals surface area contributed by atoms with E-state index in [2.05, 4.69) is 22.5 Å². The summed E-state index contributed by atoms with van der Waals surface area (Å²) in [6.45, 7) is 3.34. The number of rotatable bonds is 8. The highest BCUT2D eigenvalue weighted by Crippen LogP contribution is 2.09. The van der Waals surface area contributed by atoms with E-state index in [0.717, 1.165) is 13.0 Å². The number of nitrogens with zero attached hydrogens (tertiary/aromatic N) is 1. The molecule has 0 bridgehead atoms. The summed E-state index contributed by atoms with van der Waals surface area (Å²) in [5.41, 5.74) is 0. The summed E-state index contributed by atoms with van der Waals surface area (Å²) in [7, 11) is -1.56. The monoisotopic (exact) mass is 439 g/mol. The van der Waals surface area contributed by atoms with Gasteiger partial charge in [0.05, 0.1) is 10.6 Å². The summed E-state index contributed by atoms with van der Waals surface area (Å²) >= 11 is 0. The van der Waals surface area contributed by atoms with Crippen LogP contribution in [0.1, 0.15) is 26.2 Å². The second-order valence-electron chi connectivity index (χ2n) is 4.76. The first-order valence-corrected chi connectivity index (χ1v) is 8.97. The van der Waals surface area contributed by atoms with Gasteiger partial charge in [0.2, 0.25) is 0 Å². The van der Waals surface area contributed by atoms with Crippen molar-refractivity contribution in [1.82, 2.24) is 10.6 Å². The average Bonchev–Trinajstić information content (AvgIpc) is 2.50. The van der Waals surface area contributed by atoms with E-state index in [9.17, 15) is 8.42 Å². The molecule has 0 saturated carbocycles. The van der Waals surface area contributed by atoms with Crippen LogP contribution in [0.2, 0.25) is 0 Å². The zero-order chi connectivity index (χ0) is 15.6. The number of unbranched alkanes of at least 4 members (excludes halogenated alkanes) is 2. The van der Waals surface area contributed by atoms with Gasteiger partial charge in [0.15, 0.2) is 15.8 Å². The highest BCUT2D eigenvalue weighted by molar-refractivity contribution is 14.0. The molecular formula is C15H26IN3O2S. The van der Waals surface area contributed by atoms with Gasteiger partial charge >= 0.3 is 0 Å². The maximum Gasteiger partial charge on any atom is 0.191 e. The second kappa shape index (κ2) is 11.7. The molecule has 0 atom stereocenters. The van der Waals surface area contributed by atoms with E-state index < -0.39 is 9.84 Å². The molecule has 1 aromatic carbocycles. The third-order valence-electron chi connectivity index (χ3n) is 3.06. The molecule has 0 unspecified atom stereocenters. The normalized spacial score (nSPS) is 11.6. The van der Waals surface area contributed by atoms with Gasteiger partial charge in [0, 0.05) is 20.1 Å². The minimum Gasteiger partial charge on any atom is -0.356 e. The Labute approximate surface area is 150 Å². The zero-order valence-corrected chi connectivity index (χ0v) is 16.4. The topological polar surface area (TPSA) is 70.6 Å². The molecule has 0 aromatic heterocycles. The predicted octanol–water partition coefficient (Wildman–Crippen LogP) is 2.43. The lowest BCUT2D eigenvalue weighted by molar-refractivity contribution is 0.594. The summed E-state index contributed by atoms with van der Waals surface area (Å²) in [6, 6.07) is 8.50. The molecule has 0 spiro atoms. The van der Waals surface area contributed by atoms with Crippen molar-refractivity contribution in [3.8, 4) is 0 Å². The fourth-order valence-electron chi connectivity index (χ4n) is 1.85. The first kappa shape index (κ1) is 21.2. The van der Waals surface area contributed by atoms with E-state index in [4.69, 9.17) is 0 Å². The van der Waals surface area contributed by atoms with Gasteiger partial charge in [-0.2, -0.15) is 0 Å². The number of hydrogen-bond donors (Lipinski definition) is 2. The lowest BCUT2D eigenvalue weighted by Gasteiger charge is -2.11. The van der Waals surface area contributed by atoms with Gasteiger partial charge in [-0.3, -0.25) is 4.99 Å². The molecule has 0 aliphatic carbocycles. The quantitative estimate of drug-likeness (QED) is 0.283. The molecule has 0 saturated heterocycles. The highest BCUT2D eigenvalue weighted by atomic mass is 127. The Hall–Kier alpha value is -0.830. The maximum absolute atomic E-state index is 12.1. The molecule has 0 aliphatic rings. The number of halogens is 1. The summed E-state index contributed by atoms with van der Waals surface area (Å²) < 4.78 is 24.2. The van der Waals surface area contributed by atoms with Gasteiger partial charge in [-0.05, 0) is 18.6 Å². The van der Waals surface area contributed by atoms with Crippen molar-refractivity contribution in [1.29, 1.82) is 0 Å². The molecule has 0 amide bonds. The van der Waals surface area contributed by atoms with Crippen molar-refractivity contribution in [2.75, 3.05) is 25.9 Å². The molecule has 1 aromatic rings. The largest absolute Gasteiger partial charge is 0.356 e. The SMILES string of the molecule is CCCCCNC(=NC)NCCS(=O)(=O)c1ccccc1.I. The summed E-state index contributed by atoms with van der Waals surface area (Å²) in [4.78, 5) is 4.44. The lowest BCUT2D eigenvalue weighted by Crippen LogP contribution is -2.39. The average molecular weight is 439 g/mol. The summed E-state index contributed by atoms with van der Waals surface area (Å²) in [6.07, 6.45) is 3.43. The molecule has 1 rings (SSSR count). The van der Waals surface area contributed by atoms with Crippen molar-refractivity contribution in [3.05, 3.63) is 30.3 Å². The van der Waals surface area contributed by atoms with Crippen LogP contribution >= 0.6 is 24.0 Å². The Kier molecular flexibility index (Phi) is 11.3. The van der Waals surface area contributed by atoms with Crippen LogP contribution < -0.4 is 10.6 Å². The Morgan fingerprint density at radius 1 is 1.09 bits per heavy atom. The van der Waals surface area contributed by atoms with Crippen LogP contribution in [-0.2, 0) is 9.84 Å². The number of sulfone groups is 1. The van der Waals surface area contributed by atoms with Crippen LogP contribution in [0.25, 0.3) is 0 Å². The number of nitrogens with one attached hydrogen (secondary N) is 2. The van der Waals surface area contributed by atoms with E-state index in [1.165, 1.54) is 12.8 Å². The Morgan fingerprint density at radius 3 is 2.32 bits per heavy atom. The molecule has 2 N–H and O–H groups in total. The number of benzene rings is 1. The van der Waals surface area contributed by atoms with E-state index in [-0.39, 0.29) is 29.7 Å². The van der Waals surface area contributed by atoms with Crippen LogP contribution in [0.5, 0.6) is 0 Å². The van der Waals surface area contributed by atoms with Gasteiger partial charge < -0.3 is 10.6 Å². The molecular weight excluding hydrogens is 413 g/mol. The van der Waals surface area contributed by atoms with Crippen molar-refractivity contribution in [2.24, 2.45) is 4.99 Å². The molecule has 126 valence electrons.